The molecule has 1 aromatic carbocycles. The lowest BCUT2D eigenvalue weighted by molar-refractivity contribution is 0.580. The Labute approximate surface area is 167 Å². The van der Waals surface area contributed by atoms with Gasteiger partial charge in [0.25, 0.3) is 0 Å². The molecule has 6 rings (SSSR count). The van der Waals surface area contributed by atoms with Gasteiger partial charge in [-0.05, 0) is 24.6 Å². The number of rotatable bonds is 4. The zero-order chi connectivity index (χ0) is 19.2. The first-order valence-corrected chi connectivity index (χ1v) is 9.82. The number of para-hydroxylation sites is 1. The Morgan fingerprint density at radius 1 is 1.07 bits per heavy atom. The standard InChI is InChI=1S/C21H20N8/c1-2-4-18-17(3-1)21(26-19-12-22-7-8-23-19)27-29(18)20-10-15(5-6-24-20)28-13-14-9-16(28)11-25-14/h1-8,10,12,14,16,25H,9,11,13H2,(H,23,26,27)/t14-,16-/m0/s1. The average Bonchev–Trinajstić information content (AvgIpc) is 3.50. The maximum absolute atomic E-state index is 4.81. The van der Waals surface area contributed by atoms with Crippen LogP contribution in [0.15, 0.2) is 61.2 Å². The van der Waals surface area contributed by atoms with Crippen LogP contribution in [0.4, 0.5) is 17.3 Å². The van der Waals surface area contributed by atoms with Crippen LogP contribution in [-0.2, 0) is 0 Å². The minimum absolute atomic E-state index is 0.568. The van der Waals surface area contributed by atoms with Gasteiger partial charge in [0.15, 0.2) is 11.6 Å². The number of nitrogens with zero attached hydrogens (tertiary/aromatic N) is 6. The van der Waals surface area contributed by atoms with E-state index >= 15 is 0 Å². The third-order valence-corrected chi connectivity index (χ3v) is 5.73. The van der Waals surface area contributed by atoms with Gasteiger partial charge in [0, 0.05) is 60.9 Å². The number of hydrogen-bond donors (Lipinski definition) is 2. The number of fused-ring (bicyclic) bond motifs is 3. The normalized spacial score (nSPS) is 20.5. The van der Waals surface area contributed by atoms with E-state index in [1.165, 1.54) is 12.1 Å². The van der Waals surface area contributed by atoms with E-state index in [0.29, 0.717) is 17.9 Å². The Morgan fingerprint density at radius 2 is 2.03 bits per heavy atom. The number of aromatic nitrogens is 5. The predicted octanol–water partition coefficient (Wildman–Crippen LogP) is 2.50. The van der Waals surface area contributed by atoms with E-state index in [-0.39, 0.29) is 0 Å². The van der Waals surface area contributed by atoms with Gasteiger partial charge in [0.1, 0.15) is 5.82 Å². The molecule has 29 heavy (non-hydrogen) atoms. The molecular formula is C21H20N8. The molecule has 2 saturated heterocycles. The molecule has 0 radical (unpaired) electrons. The summed E-state index contributed by atoms with van der Waals surface area (Å²) in [5.41, 5.74) is 2.19. The Kier molecular flexibility index (Phi) is 3.70. The molecular weight excluding hydrogens is 364 g/mol. The van der Waals surface area contributed by atoms with Crippen LogP contribution in [0.1, 0.15) is 6.42 Å². The third kappa shape index (κ3) is 2.80. The van der Waals surface area contributed by atoms with E-state index in [0.717, 1.165) is 35.6 Å². The van der Waals surface area contributed by atoms with Crippen LogP contribution in [0.5, 0.6) is 0 Å². The molecule has 8 heteroatoms. The van der Waals surface area contributed by atoms with Gasteiger partial charge < -0.3 is 15.5 Å². The molecule has 2 aliphatic rings. The van der Waals surface area contributed by atoms with Gasteiger partial charge in [0.05, 0.1) is 11.7 Å². The molecule has 2 bridgehead atoms. The molecule has 2 atom stereocenters. The maximum atomic E-state index is 4.81. The minimum atomic E-state index is 0.568. The first-order valence-electron chi connectivity index (χ1n) is 9.82. The highest BCUT2D eigenvalue weighted by molar-refractivity contribution is 5.92. The van der Waals surface area contributed by atoms with Gasteiger partial charge in [-0.2, -0.15) is 0 Å². The van der Waals surface area contributed by atoms with Crippen molar-refractivity contribution in [1.82, 2.24) is 30.0 Å². The smallest absolute Gasteiger partial charge is 0.162 e. The first-order chi connectivity index (χ1) is 14.3. The summed E-state index contributed by atoms with van der Waals surface area (Å²) >= 11 is 0. The number of piperazine rings is 1. The maximum Gasteiger partial charge on any atom is 0.162 e. The van der Waals surface area contributed by atoms with Crippen molar-refractivity contribution in [3.8, 4) is 5.82 Å². The van der Waals surface area contributed by atoms with Crippen LogP contribution >= 0.6 is 0 Å². The second kappa shape index (κ2) is 6.52. The molecule has 0 aliphatic carbocycles. The van der Waals surface area contributed by atoms with Crippen LogP contribution < -0.4 is 15.5 Å². The number of hydrogen-bond acceptors (Lipinski definition) is 7. The summed E-state index contributed by atoms with van der Waals surface area (Å²) in [5, 5.41) is 12.7. The quantitative estimate of drug-likeness (QED) is 0.559. The summed E-state index contributed by atoms with van der Waals surface area (Å²) in [5.74, 6) is 2.20. The van der Waals surface area contributed by atoms with Crippen LogP contribution in [0, 0.1) is 0 Å². The number of nitrogens with one attached hydrogen (secondary N) is 2. The van der Waals surface area contributed by atoms with Crippen molar-refractivity contribution in [2.75, 3.05) is 23.3 Å². The van der Waals surface area contributed by atoms with E-state index in [1.807, 2.05) is 29.1 Å². The fraction of sp³-hybridized carbons (Fsp3) is 0.238. The topological polar surface area (TPSA) is 83.8 Å². The van der Waals surface area contributed by atoms with E-state index in [9.17, 15) is 0 Å². The SMILES string of the molecule is c1ccc2c(c1)c(Nc1cnccn1)nn2-c1cc(N2C[C@@H]3C[C@H]2CN3)ccn1. The van der Waals surface area contributed by atoms with Crippen LogP contribution in [-0.4, -0.2) is 49.9 Å². The van der Waals surface area contributed by atoms with Crippen molar-refractivity contribution in [2.45, 2.75) is 18.5 Å². The van der Waals surface area contributed by atoms with Crippen molar-refractivity contribution >= 4 is 28.2 Å². The van der Waals surface area contributed by atoms with E-state index in [1.54, 1.807) is 18.6 Å². The van der Waals surface area contributed by atoms with Crippen molar-refractivity contribution in [3.63, 3.8) is 0 Å². The molecule has 3 aromatic heterocycles. The Bertz CT molecular complexity index is 1170. The van der Waals surface area contributed by atoms with Gasteiger partial charge >= 0.3 is 0 Å². The number of benzene rings is 1. The number of anilines is 3. The fourth-order valence-electron chi connectivity index (χ4n) is 4.40. The van der Waals surface area contributed by atoms with Gasteiger partial charge in [0.2, 0.25) is 0 Å². The van der Waals surface area contributed by atoms with Crippen LogP contribution in [0.25, 0.3) is 16.7 Å². The highest BCUT2D eigenvalue weighted by Crippen LogP contribution is 2.31. The molecule has 0 unspecified atom stereocenters. The number of pyridine rings is 1. The molecule has 5 heterocycles. The van der Waals surface area contributed by atoms with E-state index in [4.69, 9.17) is 5.10 Å². The Hall–Kier alpha value is -3.52. The van der Waals surface area contributed by atoms with Crippen LogP contribution in [0.3, 0.4) is 0 Å². The summed E-state index contributed by atoms with van der Waals surface area (Å²) in [6, 6.07) is 13.5. The van der Waals surface area contributed by atoms with Crippen molar-refractivity contribution in [3.05, 3.63) is 61.2 Å². The molecule has 144 valence electrons. The first kappa shape index (κ1) is 16.4. The second-order valence-corrected chi connectivity index (χ2v) is 7.51. The predicted molar refractivity (Wildman–Crippen MR) is 112 cm³/mol. The van der Waals surface area contributed by atoms with Gasteiger partial charge in [-0.15, -0.1) is 5.10 Å². The molecule has 2 N–H and O–H groups in total. The molecule has 0 saturated carbocycles. The highest BCUT2D eigenvalue weighted by atomic mass is 15.4. The minimum Gasteiger partial charge on any atom is -0.365 e. The zero-order valence-corrected chi connectivity index (χ0v) is 15.7. The largest absolute Gasteiger partial charge is 0.365 e. The van der Waals surface area contributed by atoms with Crippen molar-refractivity contribution in [2.24, 2.45) is 0 Å². The molecule has 0 spiro atoms. The fourth-order valence-corrected chi connectivity index (χ4v) is 4.40. The monoisotopic (exact) mass is 384 g/mol. The molecule has 8 nitrogen and oxygen atoms in total. The zero-order valence-electron chi connectivity index (χ0n) is 15.7. The van der Waals surface area contributed by atoms with Crippen molar-refractivity contribution < 1.29 is 0 Å². The highest BCUT2D eigenvalue weighted by Gasteiger charge is 2.37. The van der Waals surface area contributed by atoms with Gasteiger partial charge in [-0.3, -0.25) is 4.98 Å². The third-order valence-electron chi connectivity index (χ3n) is 5.73. The lowest BCUT2D eigenvalue weighted by atomic mass is 10.2. The molecule has 2 fully saturated rings. The molecule has 4 aromatic rings. The lowest BCUT2D eigenvalue weighted by Crippen LogP contribution is -2.43. The summed E-state index contributed by atoms with van der Waals surface area (Å²) in [6.07, 6.45) is 8.08. The Morgan fingerprint density at radius 3 is 2.86 bits per heavy atom. The molecule has 0 amide bonds. The van der Waals surface area contributed by atoms with E-state index < -0.39 is 0 Å². The lowest BCUT2D eigenvalue weighted by Gasteiger charge is -2.29. The van der Waals surface area contributed by atoms with Gasteiger partial charge in [-0.1, -0.05) is 12.1 Å². The van der Waals surface area contributed by atoms with Crippen molar-refractivity contribution in [1.29, 1.82) is 0 Å². The average molecular weight is 384 g/mol. The van der Waals surface area contributed by atoms with Gasteiger partial charge in [-0.25, -0.2) is 14.6 Å². The molecule has 2 aliphatic heterocycles. The van der Waals surface area contributed by atoms with E-state index in [2.05, 4.69) is 48.7 Å². The second-order valence-electron chi connectivity index (χ2n) is 7.51. The summed E-state index contributed by atoms with van der Waals surface area (Å²) < 4.78 is 1.89. The Balaban J connectivity index is 1.41. The summed E-state index contributed by atoms with van der Waals surface area (Å²) in [6.45, 7) is 2.10. The summed E-state index contributed by atoms with van der Waals surface area (Å²) in [4.78, 5) is 15.5. The summed E-state index contributed by atoms with van der Waals surface area (Å²) in [7, 11) is 0. The van der Waals surface area contributed by atoms with Crippen LogP contribution in [0.2, 0.25) is 0 Å².